The molecule has 46 heavy (non-hydrogen) atoms. The van der Waals surface area contributed by atoms with E-state index >= 15 is 0 Å². The van der Waals surface area contributed by atoms with Gasteiger partial charge in [-0.05, 0) is 59.7 Å². The lowest BCUT2D eigenvalue weighted by Gasteiger charge is -2.49. The minimum atomic E-state index is -1.31. The summed E-state index contributed by atoms with van der Waals surface area (Å²) in [4.78, 5) is 47.7. The molecule has 5 atom stereocenters. The summed E-state index contributed by atoms with van der Waals surface area (Å²) < 4.78 is 20.2. The minimum Gasteiger partial charge on any atom is -0.469 e. The number of hydroxylamine groups is 1. The normalized spacial score (nSPS) is 21.7. The zero-order valence-corrected chi connectivity index (χ0v) is 28.0. The van der Waals surface area contributed by atoms with Crippen LogP contribution in [0.25, 0.3) is 0 Å². The second-order valence-corrected chi connectivity index (χ2v) is 13.6. The zero-order valence-electron chi connectivity index (χ0n) is 25.7. The molecule has 0 saturated heterocycles. The van der Waals surface area contributed by atoms with Crippen molar-refractivity contribution in [2.75, 3.05) is 13.4 Å². The Morgan fingerprint density at radius 1 is 0.978 bits per heavy atom. The summed E-state index contributed by atoms with van der Waals surface area (Å²) in [5.74, 6) is -1.83. The second-order valence-electron chi connectivity index (χ2n) is 11.6. The highest BCUT2D eigenvalue weighted by Crippen LogP contribution is 2.47. The smallest absolute Gasteiger partial charge is 0.305 e. The highest BCUT2D eigenvalue weighted by atomic mass is 35.5. The minimum absolute atomic E-state index is 0.0815. The molecule has 1 fully saturated rings. The third-order valence-corrected chi connectivity index (χ3v) is 9.79. The lowest BCUT2D eigenvalue weighted by molar-refractivity contribution is -0.140. The number of ether oxygens (including phenoxy) is 1. The Morgan fingerprint density at radius 2 is 1.74 bits per heavy atom. The van der Waals surface area contributed by atoms with Gasteiger partial charge in [0.2, 0.25) is 0 Å². The van der Waals surface area contributed by atoms with E-state index in [4.69, 9.17) is 32.8 Å². The van der Waals surface area contributed by atoms with E-state index in [1.165, 1.54) is 7.11 Å². The van der Waals surface area contributed by atoms with Crippen molar-refractivity contribution in [1.82, 2.24) is 15.1 Å². The van der Waals surface area contributed by atoms with E-state index < -0.39 is 28.9 Å². The molecule has 3 aromatic carbocycles. The lowest BCUT2D eigenvalue weighted by Crippen LogP contribution is -2.58. The van der Waals surface area contributed by atoms with E-state index in [2.05, 4.69) is 10.2 Å². The van der Waals surface area contributed by atoms with Gasteiger partial charge < -0.3 is 9.64 Å². The van der Waals surface area contributed by atoms with E-state index in [-0.39, 0.29) is 37.0 Å². The molecule has 1 aliphatic heterocycles. The Labute approximate surface area is 281 Å². The molecular formula is C34H37Cl2N3O6S. The average molecular weight is 687 g/mol. The number of methoxy groups -OCH3 is 1. The Balaban J connectivity index is 1.48. The quantitative estimate of drug-likeness (QED) is 0.194. The summed E-state index contributed by atoms with van der Waals surface area (Å²) in [7, 11) is 0.0515. The molecule has 244 valence electrons. The van der Waals surface area contributed by atoms with Crippen molar-refractivity contribution in [3.05, 3.63) is 105 Å². The number of hydrogen-bond acceptors (Lipinski definition) is 6. The number of esters is 1. The van der Waals surface area contributed by atoms with Crippen molar-refractivity contribution < 1.29 is 28.2 Å². The summed E-state index contributed by atoms with van der Waals surface area (Å²) in [5, 5.41) is 0.760. The molecule has 12 heteroatoms. The van der Waals surface area contributed by atoms with Crippen LogP contribution in [-0.2, 0) is 43.2 Å². The first-order valence-electron chi connectivity index (χ1n) is 15.2. The number of halogens is 2. The van der Waals surface area contributed by atoms with Crippen molar-refractivity contribution in [2.45, 2.75) is 69.2 Å². The lowest BCUT2D eigenvalue weighted by atomic mass is 9.76. The summed E-state index contributed by atoms with van der Waals surface area (Å²) in [6, 6.07) is 18.3. The van der Waals surface area contributed by atoms with E-state index in [9.17, 15) is 18.6 Å². The maximum atomic E-state index is 14.4. The van der Waals surface area contributed by atoms with E-state index in [1.807, 2.05) is 24.3 Å². The molecule has 1 heterocycles. The SMILES string of the molecule is COC(=O)CCc1cccc(CONC(=O)[C@@H]2c3ccccc3C(=O)N(C3CCCC[C@@H]3NS(C)=O)[C@H]2c2ccc(Cl)cc2Cl)c1. The Bertz CT molecular complexity index is 1620. The molecule has 9 nitrogen and oxygen atoms in total. The number of fused-ring (bicyclic) bond motifs is 1. The van der Waals surface area contributed by atoms with Crippen LogP contribution in [0.1, 0.15) is 76.7 Å². The van der Waals surface area contributed by atoms with Crippen molar-refractivity contribution in [3.8, 4) is 0 Å². The third-order valence-electron chi connectivity index (χ3n) is 8.59. The topological polar surface area (TPSA) is 114 Å². The molecule has 2 unspecified atom stereocenters. The molecule has 2 amide bonds. The van der Waals surface area contributed by atoms with E-state index in [0.717, 1.165) is 30.4 Å². The summed E-state index contributed by atoms with van der Waals surface area (Å²) in [6.45, 7) is 0.0815. The number of nitrogens with zero attached hydrogens (tertiary/aromatic N) is 1. The van der Waals surface area contributed by atoms with Crippen molar-refractivity contribution in [2.24, 2.45) is 0 Å². The van der Waals surface area contributed by atoms with Crippen LogP contribution < -0.4 is 10.2 Å². The van der Waals surface area contributed by atoms with Gasteiger partial charge in [-0.1, -0.05) is 84.6 Å². The number of amides is 2. The van der Waals surface area contributed by atoms with Crippen LogP contribution in [0.5, 0.6) is 0 Å². The molecule has 1 aliphatic carbocycles. The van der Waals surface area contributed by atoms with E-state index in [0.29, 0.717) is 39.6 Å². The van der Waals surface area contributed by atoms with Gasteiger partial charge in [0.25, 0.3) is 11.8 Å². The fraction of sp³-hybridized carbons (Fsp3) is 0.382. The highest BCUT2D eigenvalue weighted by molar-refractivity contribution is 7.82. The van der Waals surface area contributed by atoms with Gasteiger partial charge in [0, 0.05) is 40.4 Å². The largest absolute Gasteiger partial charge is 0.469 e. The van der Waals surface area contributed by atoms with Crippen molar-refractivity contribution >= 4 is 52.0 Å². The first-order chi connectivity index (χ1) is 22.2. The average Bonchev–Trinajstić information content (AvgIpc) is 3.04. The van der Waals surface area contributed by atoms with Gasteiger partial charge in [-0.3, -0.25) is 19.2 Å². The maximum absolute atomic E-state index is 14.4. The molecule has 2 N–H and O–H groups in total. The number of aryl methyl sites for hydroxylation is 1. The first-order valence-corrected chi connectivity index (χ1v) is 17.5. The van der Waals surface area contributed by atoms with Crippen LogP contribution in [0.2, 0.25) is 10.0 Å². The van der Waals surface area contributed by atoms with Crippen LogP contribution in [0.4, 0.5) is 0 Å². The molecule has 0 radical (unpaired) electrons. The molecule has 0 bridgehead atoms. The fourth-order valence-electron chi connectivity index (χ4n) is 6.54. The summed E-state index contributed by atoms with van der Waals surface area (Å²) >= 11 is 13.1. The number of benzene rings is 3. The summed E-state index contributed by atoms with van der Waals surface area (Å²) in [5.41, 5.74) is 5.96. The van der Waals surface area contributed by atoms with Crippen LogP contribution in [0, 0.1) is 0 Å². The standard InChI is InChI=1S/C34H37Cl2N3O6S/c1-44-30(40)17-14-21-8-7-9-22(18-21)20-45-37-33(41)31-24-10-3-4-11-25(24)34(42)39(29-13-6-5-12-28(29)38-46(2)43)32(31)26-16-15-23(35)19-27(26)36/h3-4,7-11,15-16,18-19,28-29,31-32,38H,5-6,12-14,17,20H2,1-2H3,(H,37,41)/t28-,29?,31+,32-,46?/m0/s1. The van der Waals surface area contributed by atoms with Gasteiger partial charge in [0.1, 0.15) is 0 Å². The molecule has 5 rings (SSSR count). The summed E-state index contributed by atoms with van der Waals surface area (Å²) in [6.07, 6.45) is 5.56. The van der Waals surface area contributed by atoms with Crippen LogP contribution in [0.3, 0.4) is 0 Å². The van der Waals surface area contributed by atoms with Gasteiger partial charge >= 0.3 is 5.97 Å². The van der Waals surface area contributed by atoms with E-state index in [1.54, 1.807) is 53.6 Å². The van der Waals surface area contributed by atoms with Crippen LogP contribution in [0.15, 0.2) is 66.7 Å². The van der Waals surface area contributed by atoms with Crippen LogP contribution >= 0.6 is 23.2 Å². The maximum Gasteiger partial charge on any atom is 0.305 e. The third kappa shape index (κ3) is 7.81. The number of carbonyl (C=O) groups excluding carboxylic acids is 3. The van der Waals surface area contributed by atoms with Gasteiger partial charge in [-0.2, -0.15) is 0 Å². The number of carbonyl (C=O) groups is 3. The number of nitrogens with one attached hydrogen (secondary N) is 2. The number of rotatable bonds is 11. The Kier molecular flexibility index (Phi) is 11.5. The zero-order chi connectivity index (χ0) is 32.8. The first kappa shape index (κ1) is 34.1. The molecule has 0 spiro atoms. The van der Waals surface area contributed by atoms with Crippen LogP contribution in [-0.4, -0.2) is 52.3 Å². The van der Waals surface area contributed by atoms with Crippen molar-refractivity contribution in [3.63, 3.8) is 0 Å². The van der Waals surface area contributed by atoms with Gasteiger partial charge in [0.15, 0.2) is 0 Å². The van der Waals surface area contributed by atoms with Gasteiger partial charge in [0.05, 0.1) is 36.7 Å². The molecule has 2 aliphatic rings. The monoisotopic (exact) mass is 685 g/mol. The van der Waals surface area contributed by atoms with Gasteiger partial charge in [-0.25, -0.2) is 14.4 Å². The predicted octanol–water partition coefficient (Wildman–Crippen LogP) is 5.82. The molecular weight excluding hydrogens is 649 g/mol. The highest BCUT2D eigenvalue weighted by Gasteiger charge is 2.49. The molecule has 0 aromatic heterocycles. The Morgan fingerprint density at radius 3 is 2.50 bits per heavy atom. The van der Waals surface area contributed by atoms with Crippen molar-refractivity contribution in [1.29, 1.82) is 0 Å². The fourth-order valence-corrected chi connectivity index (χ4v) is 7.77. The molecule has 1 saturated carbocycles. The second kappa shape index (κ2) is 15.5. The molecule has 3 aromatic rings. The van der Waals surface area contributed by atoms with Gasteiger partial charge in [-0.15, -0.1) is 0 Å². The Hall–Kier alpha value is -3.28. The predicted molar refractivity (Wildman–Crippen MR) is 178 cm³/mol. The number of hydrogen-bond donors (Lipinski definition) is 2.